The zero-order valence-corrected chi connectivity index (χ0v) is 13.1. The van der Waals surface area contributed by atoms with E-state index in [0.717, 1.165) is 17.9 Å². The van der Waals surface area contributed by atoms with E-state index >= 15 is 0 Å². The van der Waals surface area contributed by atoms with E-state index < -0.39 is 5.97 Å². The predicted molar refractivity (Wildman–Crippen MR) is 86.3 cm³/mol. The van der Waals surface area contributed by atoms with E-state index in [-0.39, 0.29) is 6.04 Å². The van der Waals surface area contributed by atoms with Gasteiger partial charge in [-0.15, -0.1) is 0 Å². The summed E-state index contributed by atoms with van der Waals surface area (Å²) >= 11 is 0. The Morgan fingerprint density at radius 3 is 2.23 bits per heavy atom. The van der Waals surface area contributed by atoms with Gasteiger partial charge in [0, 0.05) is 12.6 Å². The van der Waals surface area contributed by atoms with Crippen molar-refractivity contribution in [2.24, 2.45) is 0 Å². The maximum atomic E-state index is 10.9. The van der Waals surface area contributed by atoms with E-state index in [0.29, 0.717) is 5.56 Å². The first-order chi connectivity index (χ1) is 10.5. The van der Waals surface area contributed by atoms with Crippen LogP contribution in [0.15, 0.2) is 48.5 Å². The minimum atomic E-state index is -0.897. The fraction of sp³-hybridized carbons (Fsp3) is 0.278. The molecular formula is C18H21NO3. The molecule has 0 aliphatic rings. The van der Waals surface area contributed by atoms with Crippen molar-refractivity contribution in [3.05, 3.63) is 65.2 Å². The van der Waals surface area contributed by atoms with Gasteiger partial charge in [-0.3, -0.25) is 4.90 Å². The third kappa shape index (κ3) is 3.86. The highest BCUT2D eigenvalue weighted by molar-refractivity contribution is 5.87. The molecule has 1 unspecified atom stereocenters. The summed E-state index contributed by atoms with van der Waals surface area (Å²) in [6, 6.07) is 15.3. The molecule has 1 N–H and O–H groups in total. The van der Waals surface area contributed by atoms with Crippen molar-refractivity contribution in [3.8, 4) is 5.75 Å². The van der Waals surface area contributed by atoms with Crippen LogP contribution >= 0.6 is 0 Å². The minimum Gasteiger partial charge on any atom is -0.497 e. The van der Waals surface area contributed by atoms with Crippen LogP contribution in [0.3, 0.4) is 0 Å². The Morgan fingerprint density at radius 2 is 1.73 bits per heavy atom. The summed E-state index contributed by atoms with van der Waals surface area (Å²) in [7, 11) is 3.71. The van der Waals surface area contributed by atoms with Crippen molar-refractivity contribution in [1.29, 1.82) is 0 Å². The molecule has 1 atom stereocenters. The molecule has 2 rings (SSSR count). The molecule has 0 saturated carbocycles. The highest BCUT2D eigenvalue weighted by Crippen LogP contribution is 2.23. The fourth-order valence-corrected chi connectivity index (χ4v) is 2.31. The average Bonchev–Trinajstić information content (AvgIpc) is 2.54. The van der Waals surface area contributed by atoms with Gasteiger partial charge < -0.3 is 9.84 Å². The van der Waals surface area contributed by atoms with Crippen LogP contribution in [-0.4, -0.2) is 30.1 Å². The fourth-order valence-electron chi connectivity index (χ4n) is 2.31. The monoisotopic (exact) mass is 299 g/mol. The van der Waals surface area contributed by atoms with Crippen molar-refractivity contribution in [1.82, 2.24) is 4.90 Å². The van der Waals surface area contributed by atoms with E-state index in [1.807, 2.05) is 24.3 Å². The van der Waals surface area contributed by atoms with E-state index in [4.69, 9.17) is 9.84 Å². The standard InChI is InChI=1S/C18H21NO3/c1-13(15-8-10-17(22-3)11-9-15)19(2)12-14-4-6-16(7-5-14)18(20)21/h4-11,13H,12H2,1-3H3,(H,20,21). The smallest absolute Gasteiger partial charge is 0.335 e. The maximum Gasteiger partial charge on any atom is 0.335 e. The summed E-state index contributed by atoms with van der Waals surface area (Å²) in [4.78, 5) is 13.1. The zero-order chi connectivity index (χ0) is 16.1. The van der Waals surface area contributed by atoms with Crippen molar-refractivity contribution < 1.29 is 14.6 Å². The molecule has 4 nitrogen and oxygen atoms in total. The molecule has 4 heteroatoms. The number of carbonyl (C=O) groups is 1. The summed E-state index contributed by atoms with van der Waals surface area (Å²) < 4.78 is 5.17. The highest BCUT2D eigenvalue weighted by atomic mass is 16.5. The molecular weight excluding hydrogens is 278 g/mol. The maximum absolute atomic E-state index is 10.9. The molecule has 0 radical (unpaired) electrons. The number of rotatable bonds is 6. The summed E-state index contributed by atoms with van der Waals surface area (Å²) in [6.45, 7) is 2.90. The van der Waals surface area contributed by atoms with Crippen LogP contribution < -0.4 is 4.74 Å². The summed E-state index contributed by atoms with van der Waals surface area (Å²) in [5.41, 5.74) is 2.62. The number of hydrogen-bond donors (Lipinski definition) is 1. The molecule has 0 bridgehead atoms. The third-order valence-electron chi connectivity index (χ3n) is 3.89. The van der Waals surface area contributed by atoms with Crippen molar-refractivity contribution in [2.75, 3.05) is 14.2 Å². The first kappa shape index (κ1) is 16.0. The van der Waals surface area contributed by atoms with Crippen molar-refractivity contribution in [2.45, 2.75) is 19.5 Å². The Balaban J connectivity index is 2.03. The molecule has 0 heterocycles. The average molecular weight is 299 g/mol. The zero-order valence-electron chi connectivity index (χ0n) is 13.1. The minimum absolute atomic E-state index is 0.255. The van der Waals surface area contributed by atoms with Crippen LogP contribution in [0.4, 0.5) is 0 Å². The van der Waals surface area contributed by atoms with Gasteiger partial charge in [0.1, 0.15) is 5.75 Å². The lowest BCUT2D eigenvalue weighted by molar-refractivity contribution is 0.0697. The topological polar surface area (TPSA) is 49.8 Å². The largest absolute Gasteiger partial charge is 0.497 e. The number of aromatic carboxylic acids is 1. The Morgan fingerprint density at radius 1 is 1.14 bits per heavy atom. The first-order valence-corrected chi connectivity index (χ1v) is 7.17. The van der Waals surface area contributed by atoms with E-state index in [1.165, 1.54) is 5.56 Å². The van der Waals surface area contributed by atoms with E-state index in [1.54, 1.807) is 19.2 Å². The van der Waals surface area contributed by atoms with E-state index in [9.17, 15) is 4.79 Å². The normalized spacial score (nSPS) is 12.2. The van der Waals surface area contributed by atoms with Gasteiger partial charge in [-0.05, 0) is 49.4 Å². The van der Waals surface area contributed by atoms with Crippen LogP contribution in [0.1, 0.15) is 34.5 Å². The molecule has 0 fully saturated rings. The molecule has 0 aliphatic heterocycles. The molecule has 22 heavy (non-hydrogen) atoms. The summed E-state index contributed by atoms with van der Waals surface area (Å²) in [5, 5.41) is 8.92. The van der Waals surface area contributed by atoms with Gasteiger partial charge in [0.15, 0.2) is 0 Å². The van der Waals surface area contributed by atoms with Gasteiger partial charge in [-0.25, -0.2) is 4.79 Å². The van der Waals surface area contributed by atoms with Crippen molar-refractivity contribution >= 4 is 5.97 Å². The van der Waals surface area contributed by atoms with Gasteiger partial charge in [-0.2, -0.15) is 0 Å². The molecule has 116 valence electrons. The second kappa shape index (κ2) is 7.09. The second-order valence-corrected chi connectivity index (χ2v) is 5.37. The Bertz CT molecular complexity index is 620. The summed E-state index contributed by atoms with van der Waals surface area (Å²) in [5.74, 6) is -0.0469. The Hall–Kier alpha value is -2.33. The molecule has 0 saturated heterocycles. The SMILES string of the molecule is COc1ccc(C(C)N(C)Cc2ccc(C(=O)O)cc2)cc1. The molecule has 0 aliphatic carbocycles. The molecule has 0 amide bonds. The Kier molecular flexibility index (Phi) is 5.17. The van der Waals surface area contributed by atoms with Crippen LogP contribution in [0.2, 0.25) is 0 Å². The number of hydrogen-bond acceptors (Lipinski definition) is 3. The molecule has 0 spiro atoms. The van der Waals surface area contributed by atoms with Gasteiger partial charge in [0.05, 0.1) is 12.7 Å². The van der Waals surface area contributed by atoms with Gasteiger partial charge in [0.25, 0.3) is 0 Å². The van der Waals surface area contributed by atoms with Crippen LogP contribution in [0.5, 0.6) is 5.75 Å². The molecule has 2 aromatic carbocycles. The van der Waals surface area contributed by atoms with Gasteiger partial charge in [-0.1, -0.05) is 24.3 Å². The number of ether oxygens (including phenoxy) is 1. The van der Waals surface area contributed by atoms with Gasteiger partial charge in [0.2, 0.25) is 0 Å². The lowest BCUT2D eigenvalue weighted by Gasteiger charge is -2.25. The highest BCUT2D eigenvalue weighted by Gasteiger charge is 2.12. The van der Waals surface area contributed by atoms with Crippen LogP contribution in [0.25, 0.3) is 0 Å². The van der Waals surface area contributed by atoms with Crippen molar-refractivity contribution in [3.63, 3.8) is 0 Å². The molecule has 0 aromatic heterocycles. The summed E-state index contributed by atoms with van der Waals surface area (Å²) in [6.07, 6.45) is 0. The van der Waals surface area contributed by atoms with Crippen LogP contribution in [-0.2, 0) is 6.54 Å². The number of methoxy groups -OCH3 is 1. The molecule has 2 aromatic rings. The van der Waals surface area contributed by atoms with Crippen LogP contribution in [0, 0.1) is 0 Å². The quantitative estimate of drug-likeness (QED) is 0.885. The van der Waals surface area contributed by atoms with E-state index in [2.05, 4.69) is 31.0 Å². The third-order valence-corrected chi connectivity index (χ3v) is 3.89. The van der Waals surface area contributed by atoms with Gasteiger partial charge >= 0.3 is 5.97 Å². The Labute approximate surface area is 131 Å². The lowest BCUT2D eigenvalue weighted by Crippen LogP contribution is -2.21. The number of carboxylic acids is 1. The number of nitrogens with zero attached hydrogens (tertiary/aromatic N) is 1. The number of benzene rings is 2. The number of carboxylic acid groups (broad SMARTS) is 1. The lowest BCUT2D eigenvalue weighted by atomic mass is 10.1. The predicted octanol–water partition coefficient (Wildman–Crippen LogP) is 3.59. The first-order valence-electron chi connectivity index (χ1n) is 7.17. The second-order valence-electron chi connectivity index (χ2n) is 5.37.